The van der Waals surface area contributed by atoms with Crippen molar-refractivity contribution in [2.75, 3.05) is 17.3 Å². The lowest BCUT2D eigenvalue weighted by atomic mass is 9.96. The highest BCUT2D eigenvalue weighted by molar-refractivity contribution is 5.94. The van der Waals surface area contributed by atoms with Gasteiger partial charge in [-0.15, -0.1) is 0 Å². The number of benzene rings is 1. The first-order chi connectivity index (χ1) is 11.3. The van der Waals surface area contributed by atoms with E-state index in [1.165, 1.54) is 17.2 Å². The smallest absolute Gasteiger partial charge is 0.391 e. The summed E-state index contributed by atoms with van der Waals surface area (Å²) in [5.74, 6) is 0.0504. The van der Waals surface area contributed by atoms with E-state index in [4.69, 9.17) is 4.74 Å². The Hall–Kier alpha value is -2.89. The van der Waals surface area contributed by atoms with Crippen LogP contribution >= 0.6 is 0 Å². The summed E-state index contributed by atoms with van der Waals surface area (Å²) in [7, 11) is 1.62. The van der Waals surface area contributed by atoms with E-state index in [9.17, 15) is 9.59 Å². The van der Waals surface area contributed by atoms with Crippen LogP contribution in [0.5, 0.6) is 5.88 Å². The Labute approximate surface area is 141 Å². The third kappa shape index (κ3) is 4.55. The Morgan fingerprint density at radius 3 is 2.29 bits per heavy atom. The summed E-state index contributed by atoms with van der Waals surface area (Å²) >= 11 is 0. The molecule has 0 saturated heterocycles. The maximum Gasteiger partial charge on any atom is 0.420 e. The molecule has 2 aromatic rings. The number of carbonyl (C=O) groups is 2. The standard InChI is InChI=1S/C18H21N3O3/c1-18(2,3)16(22)20-13-10-11-15(19-12-13)24-17(23)21(4)14-8-6-5-7-9-14/h5-12H,1-4H3,(H,20,22). The van der Waals surface area contributed by atoms with Gasteiger partial charge in [0.1, 0.15) is 0 Å². The summed E-state index contributed by atoms with van der Waals surface area (Å²) in [4.78, 5) is 29.4. The molecule has 0 aliphatic heterocycles. The molecule has 0 saturated carbocycles. The Kier molecular flexibility index (Phi) is 5.18. The van der Waals surface area contributed by atoms with Crippen molar-refractivity contribution in [2.45, 2.75) is 20.8 Å². The monoisotopic (exact) mass is 327 g/mol. The van der Waals surface area contributed by atoms with E-state index in [2.05, 4.69) is 10.3 Å². The van der Waals surface area contributed by atoms with Gasteiger partial charge in [-0.3, -0.25) is 9.69 Å². The number of hydrogen-bond donors (Lipinski definition) is 1. The predicted molar refractivity (Wildman–Crippen MR) is 93.2 cm³/mol. The molecule has 1 aromatic carbocycles. The molecule has 0 radical (unpaired) electrons. The molecule has 2 amide bonds. The van der Waals surface area contributed by atoms with Gasteiger partial charge < -0.3 is 10.1 Å². The number of amides is 2. The van der Waals surface area contributed by atoms with Gasteiger partial charge in [0.05, 0.1) is 11.9 Å². The number of nitrogens with zero attached hydrogens (tertiary/aromatic N) is 2. The molecule has 0 bridgehead atoms. The molecule has 2 rings (SSSR count). The summed E-state index contributed by atoms with van der Waals surface area (Å²) in [6.07, 6.45) is 0.912. The second kappa shape index (κ2) is 7.12. The van der Waals surface area contributed by atoms with Crippen molar-refractivity contribution in [3.05, 3.63) is 48.7 Å². The zero-order valence-electron chi connectivity index (χ0n) is 14.2. The van der Waals surface area contributed by atoms with Gasteiger partial charge in [-0.2, -0.15) is 0 Å². The molecule has 6 heteroatoms. The van der Waals surface area contributed by atoms with Gasteiger partial charge in [-0.1, -0.05) is 39.0 Å². The van der Waals surface area contributed by atoms with Crippen LogP contribution in [-0.4, -0.2) is 24.0 Å². The number of ether oxygens (including phenoxy) is 1. The number of para-hydroxylation sites is 1. The first-order valence-electron chi connectivity index (χ1n) is 7.55. The highest BCUT2D eigenvalue weighted by Gasteiger charge is 2.21. The summed E-state index contributed by atoms with van der Waals surface area (Å²) in [5.41, 5.74) is 0.770. The van der Waals surface area contributed by atoms with Crippen molar-refractivity contribution >= 4 is 23.4 Å². The van der Waals surface area contributed by atoms with Crippen LogP contribution in [0.3, 0.4) is 0 Å². The molecular weight excluding hydrogens is 306 g/mol. The summed E-state index contributed by atoms with van der Waals surface area (Å²) in [5, 5.41) is 2.76. The SMILES string of the molecule is CN(C(=O)Oc1ccc(NC(=O)C(C)(C)C)cn1)c1ccccc1. The van der Waals surface area contributed by atoms with Crippen LogP contribution < -0.4 is 15.0 Å². The van der Waals surface area contributed by atoms with Gasteiger partial charge in [-0.05, 0) is 18.2 Å². The average Bonchev–Trinajstić information content (AvgIpc) is 2.55. The van der Waals surface area contributed by atoms with Gasteiger partial charge in [0, 0.05) is 24.2 Å². The van der Waals surface area contributed by atoms with Crippen LogP contribution in [0.25, 0.3) is 0 Å². The largest absolute Gasteiger partial charge is 0.420 e. The minimum absolute atomic E-state index is 0.113. The van der Waals surface area contributed by atoms with Crippen LogP contribution in [0.4, 0.5) is 16.2 Å². The predicted octanol–water partition coefficient (Wildman–Crippen LogP) is 3.70. The van der Waals surface area contributed by atoms with Crippen molar-refractivity contribution in [1.82, 2.24) is 4.98 Å². The van der Waals surface area contributed by atoms with Gasteiger partial charge in [0.25, 0.3) is 0 Å². The molecule has 0 aliphatic carbocycles. The third-order valence-corrected chi connectivity index (χ3v) is 3.28. The lowest BCUT2D eigenvalue weighted by Gasteiger charge is -2.18. The van der Waals surface area contributed by atoms with Crippen molar-refractivity contribution in [3.63, 3.8) is 0 Å². The van der Waals surface area contributed by atoms with Gasteiger partial charge in [-0.25, -0.2) is 9.78 Å². The van der Waals surface area contributed by atoms with Gasteiger partial charge >= 0.3 is 6.09 Å². The highest BCUT2D eigenvalue weighted by atomic mass is 16.6. The average molecular weight is 327 g/mol. The lowest BCUT2D eigenvalue weighted by Crippen LogP contribution is -2.29. The third-order valence-electron chi connectivity index (χ3n) is 3.28. The molecule has 126 valence electrons. The molecule has 0 aliphatic rings. The number of anilines is 2. The lowest BCUT2D eigenvalue weighted by molar-refractivity contribution is -0.123. The van der Waals surface area contributed by atoms with E-state index in [0.717, 1.165) is 5.69 Å². The molecule has 0 unspecified atom stereocenters. The van der Waals surface area contributed by atoms with E-state index < -0.39 is 11.5 Å². The fraction of sp³-hybridized carbons (Fsp3) is 0.278. The normalized spacial score (nSPS) is 10.8. The van der Waals surface area contributed by atoms with Crippen LogP contribution in [0.15, 0.2) is 48.7 Å². The fourth-order valence-electron chi connectivity index (χ4n) is 1.75. The molecule has 1 aromatic heterocycles. The number of nitrogens with one attached hydrogen (secondary N) is 1. The van der Waals surface area contributed by atoms with E-state index in [1.807, 2.05) is 39.0 Å². The number of pyridine rings is 1. The van der Waals surface area contributed by atoms with Crippen molar-refractivity contribution in [3.8, 4) is 5.88 Å². The summed E-state index contributed by atoms with van der Waals surface area (Å²) < 4.78 is 5.22. The first kappa shape index (κ1) is 17.5. The van der Waals surface area contributed by atoms with Crippen LogP contribution in [0, 0.1) is 5.41 Å². The zero-order chi connectivity index (χ0) is 17.7. The van der Waals surface area contributed by atoms with Crippen molar-refractivity contribution in [1.29, 1.82) is 0 Å². The quantitative estimate of drug-likeness (QED) is 0.933. The van der Waals surface area contributed by atoms with Crippen LogP contribution in [0.2, 0.25) is 0 Å². The van der Waals surface area contributed by atoms with E-state index in [1.54, 1.807) is 25.2 Å². The maximum absolute atomic E-state index is 12.1. The number of aromatic nitrogens is 1. The molecule has 0 fully saturated rings. The number of carbonyl (C=O) groups excluding carboxylic acids is 2. The molecule has 1 heterocycles. The van der Waals surface area contributed by atoms with Crippen molar-refractivity contribution < 1.29 is 14.3 Å². The first-order valence-corrected chi connectivity index (χ1v) is 7.55. The topological polar surface area (TPSA) is 71.5 Å². The van der Waals surface area contributed by atoms with E-state index in [-0.39, 0.29) is 11.8 Å². The minimum Gasteiger partial charge on any atom is -0.391 e. The molecule has 0 spiro atoms. The Morgan fingerprint density at radius 1 is 1.08 bits per heavy atom. The molecule has 0 atom stereocenters. The van der Waals surface area contributed by atoms with E-state index >= 15 is 0 Å². The minimum atomic E-state index is -0.542. The fourth-order valence-corrected chi connectivity index (χ4v) is 1.75. The number of rotatable bonds is 3. The maximum atomic E-state index is 12.1. The Bertz CT molecular complexity index is 707. The second-order valence-electron chi connectivity index (χ2n) is 6.35. The molecular formula is C18H21N3O3. The Morgan fingerprint density at radius 2 is 1.75 bits per heavy atom. The highest BCUT2D eigenvalue weighted by Crippen LogP contribution is 2.19. The van der Waals surface area contributed by atoms with Crippen LogP contribution in [0.1, 0.15) is 20.8 Å². The summed E-state index contributed by atoms with van der Waals surface area (Å²) in [6, 6.07) is 12.3. The zero-order valence-corrected chi connectivity index (χ0v) is 14.2. The molecule has 6 nitrogen and oxygen atoms in total. The van der Waals surface area contributed by atoms with E-state index in [0.29, 0.717) is 5.69 Å². The van der Waals surface area contributed by atoms with Crippen LogP contribution in [-0.2, 0) is 4.79 Å². The van der Waals surface area contributed by atoms with Gasteiger partial charge in [0.15, 0.2) is 0 Å². The summed E-state index contributed by atoms with van der Waals surface area (Å²) in [6.45, 7) is 5.47. The van der Waals surface area contributed by atoms with Gasteiger partial charge in [0.2, 0.25) is 11.8 Å². The second-order valence-corrected chi connectivity index (χ2v) is 6.35. The molecule has 1 N–H and O–H groups in total. The number of hydrogen-bond acceptors (Lipinski definition) is 4. The molecule has 24 heavy (non-hydrogen) atoms. The Balaban J connectivity index is 1.99. The van der Waals surface area contributed by atoms with Crippen molar-refractivity contribution in [2.24, 2.45) is 5.41 Å².